The van der Waals surface area contributed by atoms with Crippen LogP contribution in [0.15, 0.2) is 53.6 Å². The van der Waals surface area contributed by atoms with Gasteiger partial charge in [0.15, 0.2) is 0 Å². The van der Waals surface area contributed by atoms with Gasteiger partial charge in [-0.1, -0.05) is 87.1 Å². The second-order valence-electron chi connectivity index (χ2n) is 10.8. The Kier molecular flexibility index (Phi) is 8.20. The summed E-state index contributed by atoms with van der Waals surface area (Å²) in [6.45, 7) is 15.7. The SMILES string of the molecule is C=C(C)C[C@@H](C)c1ccc(C(CC(C)C)C2CCCCC2)c(CC2=CC(C)=CC2)c1. The third kappa shape index (κ3) is 6.22. The summed E-state index contributed by atoms with van der Waals surface area (Å²) in [7, 11) is 0. The second-order valence-corrected chi connectivity index (χ2v) is 10.8. The number of allylic oxidation sites excluding steroid dienone is 5. The first kappa shape index (κ1) is 23.1. The fourth-order valence-electron chi connectivity index (χ4n) is 5.81. The predicted molar refractivity (Wildman–Crippen MR) is 133 cm³/mol. The number of hydrogen-bond donors (Lipinski definition) is 0. The van der Waals surface area contributed by atoms with E-state index in [1.165, 1.54) is 55.2 Å². The van der Waals surface area contributed by atoms with Gasteiger partial charge in [0.05, 0.1) is 0 Å². The predicted octanol–water partition coefficient (Wildman–Crippen LogP) is 9.29. The van der Waals surface area contributed by atoms with Crippen molar-refractivity contribution in [3.63, 3.8) is 0 Å². The van der Waals surface area contributed by atoms with Crippen molar-refractivity contribution in [3.8, 4) is 0 Å². The molecular formula is C30H44. The van der Waals surface area contributed by atoms with Crippen LogP contribution in [0.25, 0.3) is 0 Å². The Balaban J connectivity index is 1.96. The molecular weight excluding hydrogens is 360 g/mol. The standard InChI is InChI=1S/C30H44/c1-21(2)16-24(6)27-14-15-29(28(20-27)19-25-13-12-23(5)18-25)30(17-22(3)4)26-10-8-7-9-11-26/h12,14-15,18,20,22,24,26,30H,1,7-11,13,16-17,19H2,2-6H3/t24-,30?/m1/s1. The van der Waals surface area contributed by atoms with E-state index in [-0.39, 0.29) is 0 Å². The summed E-state index contributed by atoms with van der Waals surface area (Å²) in [5, 5.41) is 0. The molecule has 0 nitrogen and oxygen atoms in total. The van der Waals surface area contributed by atoms with Crippen LogP contribution in [0.2, 0.25) is 0 Å². The molecule has 30 heavy (non-hydrogen) atoms. The first-order valence-electron chi connectivity index (χ1n) is 12.5. The largest absolute Gasteiger partial charge is 0.100 e. The lowest BCUT2D eigenvalue weighted by molar-refractivity contribution is 0.276. The first-order valence-corrected chi connectivity index (χ1v) is 12.5. The van der Waals surface area contributed by atoms with E-state index in [2.05, 4.69) is 71.5 Å². The van der Waals surface area contributed by atoms with E-state index >= 15 is 0 Å². The number of hydrogen-bond acceptors (Lipinski definition) is 0. The minimum atomic E-state index is 0.547. The third-order valence-electron chi connectivity index (χ3n) is 7.27. The first-order chi connectivity index (χ1) is 14.3. The lowest BCUT2D eigenvalue weighted by Crippen LogP contribution is -2.20. The molecule has 0 heterocycles. The molecule has 2 aliphatic carbocycles. The minimum Gasteiger partial charge on any atom is -0.100 e. The van der Waals surface area contributed by atoms with Crippen molar-refractivity contribution in [1.29, 1.82) is 0 Å². The van der Waals surface area contributed by atoms with Gasteiger partial charge < -0.3 is 0 Å². The Morgan fingerprint density at radius 2 is 1.83 bits per heavy atom. The van der Waals surface area contributed by atoms with Gasteiger partial charge in [-0.2, -0.15) is 0 Å². The van der Waals surface area contributed by atoms with Crippen molar-refractivity contribution in [2.45, 2.75) is 104 Å². The fraction of sp³-hybridized carbons (Fsp3) is 0.600. The van der Waals surface area contributed by atoms with Crippen molar-refractivity contribution in [2.75, 3.05) is 0 Å². The molecule has 0 bridgehead atoms. The molecule has 0 N–H and O–H groups in total. The molecule has 0 aromatic heterocycles. The third-order valence-corrected chi connectivity index (χ3v) is 7.27. The Morgan fingerprint density at radius 1 is 1.10 bits per heavy atom. The number of rotatable bonds is 9. The molecule has 1 fully saturated rings. The van der Waals surface area contributed by atoms with Crippen LogP contribution in [-0.2, 0) is 6.42 Å². The van der Waals surface area contributed by atoms with E-state index in [0.717, 1.165) is 37.0 Å². The maximum absolute atomic E-state index is 4.16. The van der Waals surface area contributed by atoms with Crippen molar-refractivity contribution in [3.05, 3.63) is 70.3 Å². The molecule has 0 spiro atoms. The summed E-state index contributed by atoms with van der Waals surface area (Å²) in [4.78, 5) is 0. The summed E-state index contributed by atoms with van der Waals surface area (Å²) in [5.74, 6) is 2.89. The molecule has 1 unspecified atom stereocenters. The van der Waals surface area contributed by atoms with Crippen LogP contribution < -0.4 is 0 Å². The monoisotopic (exact) mass is 404 g/mol. The Morgan fingerprint density at radius 3 is 2.43 bits per heavy atom. The maximum Gasteiger partial charge on any atom is -0.00578 e. The zero-order chi connectivity index (χ0) is 21.7. The molecule has 2 atom stereocenters. The van der Waals surface area contributed by atoms with E-state index in [1.807, 2.05) is 0 Å². The van der Waals surface area contributed by atoms with Crippen molar-refractivity contribution >= 4 is 0 Å². The van der Waals surface area contributed by atoms with Crippen molar-refractivity contribution in [1.82, 2.24) is 0 Å². The zero-order valence-corrected chi connectivity index (χ0v) is 20.3. The second kappa shape index (κ2) is 10.7. The maximum atomic E-state index is 4.16. The Labute approximate surface area is 186 Å². The lowest BCUT2D eigenvalue weighted by Gasteiger charge is -2.33. The molecule has 1 aromatic rings. The zero-order valence-electron chi connectivity index (χ0n) is 20.3. The molecule has 1 aromatic carbocycles. The van der Waals surface area contributed by atoms with Gasteiger partial charge in [0.1, 0.15) is 0 Å². The Hall–Kier alpha value is -1.56. The summed E-state index contributed by atoms with van der Waals surface area (Å²) in [6.07, 6.45) is 16.6. The molecule has 2 aliphatic rings. The molecule has 0 amide bonds. The normalized spacial score (nSPS) is 19.5. The average Bonchev–Trinajstić information content (AvgIpc) is 3.11. The van der Waals surface area contributed by atoms with Gasteiger partial charge in [0.25, 0.3) is 0 Å². The van der Waals surface area contributed by atoms with Gasteiger partial charge in [-0.25, -0.2) is 0 Å². The highest BCUT2D eigenvalue weighted by atomic mass is 14.3. The van der Waals surface area contributed by atoms with Crippen LogP contribution in [0.1, 0.15) is 115 Å². The van der Waals surface area contributed by atoms with E-state index in [9.17, 15) is 0 Å². The van der Waals surface area contributed by atoms with Gasteiger partial charge in [-0.3, -0.25) is 0 Å². The molecule has 3 rings (SSSR count). The molecule has 0 aliphatic heterocycles. The highest BCUT2D eigenvalue weighted by Gasteiger charge is 2.28. The highest BCUT2D eigenvalue weighted by Crippen LogP contribution is 2.42. The number of benzene rings is 1. The summed E-state index contributed by atoms with van der Waals surface area (Å²) in [6, 6.07) is 7.53. The minimum absolute atomic E-state index is 0.547. The van der Waals surface area contributed by atoms with E-state index in [0.29, 0.717) is 5.92 Å². The molecule has 0 heteroatoms. The quantitative estimate of drug-likeness (QED) is 0.360. The molecule has 1 saturated carbocycles. The van der Waals surface area contributed by atoms with Gasteiger partial charge >= 0.3 is 0 Å². The van der Waals surface area contributed by atoms with Crippen LogP contribution in [0, 0.1) is 11.8 Å². The van der Waals surface area contributed by atoms with Crippen molar-refractivity contribution in [2.24, 2.45) is 11.8 Å². The average molecular weight is 405 g/mol. The van der Waals surface area contributed by atoms with Gasteiger partial charge in [0.2, 0.25) is 0 Å². The van der Waals surface area contributed by atoms with Crippen LogP contribution in [0.3, 0.4) is 0 Å². The highest BCUT2D eigenvalue weighted by molar-refractivity contribution is 5.42. The van der Waals surface area contributed by atoms with Crippen LogP contribution >= 0.6 is 0 Å². The lowest BCUT2D eigenvalue weighted by atomic mass is 9.71. The molecule has 0 saturated heterocycles. The van der Waals surface area contributed by atoms with Crippen LogP contribution in [0.5, 0.6) is 0 Å². The van der Waals surface area contributed by atoms with Crippen molar-refractivity contribution < 1.29 is 0 Å². The van der Waals surface area contributed by atoms with E-state index < -0.39 is 0 Å². The summed E-state index contributed by atoms with van der Waals surface area (Å²) in [5.41, 5.74) is 9.06. The van der Waals surface area contributed by atoms with Crippen LogP contribution in [0.4, 0.5) is 0 Å². The topological polar surface area (TPSA) is 0 Å². The van der Waals surface area contributed by atoms with Gasteiger partial charge in [0, 0.05) is 0 Å². The molecule has 0 radical (unpaired) electrons. The Bertz CT molecular complexity index is 782. The van der Waals surface area contributed by atoms with E-state index in [1.54, 1.807) is 16.7 Å². The van der Waals surface area contributed by atoms with Crippen LogP contribution in [-0.4, -0.2) is 0 Å². The van der Waals surface area contributed by atoms with Gasteiger partial charge in [-0.15, -0.1) is 6.58 Å². The summed E-state index contributed by atoms with van der Waals surface area (Å²) >= 11 is 0. The molecule has 164 valence electrons. The van der Waals surface area contributed by atoms with Gasteiger partial charge in [-0.05, 0) is 92.7 Å². The smallest absolute Gasteiger partial charge is 0.00578 e. The van der Waals surface area contributed by atoms with E-state index in [4.69, 9.17) is 0 Å². The fourth-order valence-corrected chi connectivity index (χ4v) is 5.81. The summed E-state index contributed by atoms with van der Waals surface area (Å²) < 4.78 is 0.